The van der Waals surface area contributed by atoms with Crippen molar-refractivity contribution >= 4 is 17.7 Å². The molecule has 2 heterocycles. The third-order valence-corrected chi connectivity index (χ3v) is 6.35. The van der Waals surface area contributed by atoms with Crippen molar-refractivity contribution in [1.82, 2.24) is 15.5 Å². The number of likely N-dealkylation sites (tertiary alicyclic amines) is 1. The van der Waals surface area contributed by atoms with E-state index in [0.717, 1.165) is 51.1 Å². The zero-order chi connectivity index (χ0) is 16.2. The van der Waals surface area contributed by atoms with E-state index in [9.17, 15) is 14.4 Å². The number of nitrogens with one attached hydrogen (secondary N) is 2. The Balaban J connectivity index is 1.49. The molecule has 0 aromatic rings. The van der Waals surface area contributed by atoms with Gasteiger partial charge in [-0.2, -0.15) is 5.26 Å². The fourth-order valence-electron chi connectivity index (χ4n) is 3.96. The molecule has 0 aromatic carbocycles. The highest BCUT2D eigenvalue weighted by atomic mass is 32.2. The van der Waals surface area contributed by atoms with Crippen LogP contribution in [0.1, 0.15) is 32.1 Å². The third-order valence-electron chi connectivity index (χ3n) is 5.29. The van der Waals surface area contributed by atoms with Gasteiger partial charge in [-0.3, -0.25) is 15.0 Å². The summed E-state index contributed by atoms with van der Waals surface area (Å²) in [5.41, 5.74) is 0.0501. The van der Waals surface area contributed by atoms with Crippen LogP contribution in [0.15, 0.2) is 0 Å². The van der Waals surface area contributed by atoms with E-state index in [0.29, 0.717) is 6.42 Å². The largest absolute Gasteiger partial charge is 0.332 e. The van der Waals surface area contributed by atoms with Gasteiger partial charge in [-0.25, -0.2) is 4.39 Å². The molecule has 4 atom stereocenters. The molecule has 4 unspecified atom stereocenters. The smallest absolute Gasteiger partial charge is 0.225 e. The van der Waals surface area contributed by atoms with E-state index in [4.69, 9.17) is 0 Å². The van der Waals surface area contributed by atoms with Crippen LogP contribution in [0, 0.1) is 23.2 Å². The molecule has 2 aliphatic heterocycles. The van der Waals surface area contributed by atoms with Gasteiger partial charge in [0.15, 0.2) is 0 Å². The quantitative estimate of drug-likeness (QED) is 0.814. The molecule has 3 rings (SSSR count). The normalized spacial score (nSPS) is 36.5. The minimum absolute atomic E-state index is 0.0276. The predicted octanol–water partition coefficient (Wildman–Crippen LogP) is 1.46. The van der Waals surface area contributed by atoms with E-state index in [1.807, 2.05) is 0 Å². The Bertz CT molecular complexity index is 457. The first-order valence-electron chi connectivity index (χ1n) is 8.62. The summed E-state index contributed by atoms with van der Waals surface area (Å²) in [5, 5.41) is 15.6. The van der Waals surface area contributed by atoms with Gasteiger partial charge in [0.2, 0.25) is 5.91 Å². The molecule has 1 aliphatic carbocycles. The van der Waals surface area contributed by atoms with E-state index < -0.39 is 12.1 Å². The first-order valence-corrected chi connectivity index (χ1v) is 9.67. The zero-order valence-corrected chi connectivity index (χ0v) is 14.2. The molecule has 5 nitrogen and oxygen atoms in total. The van der Waals surface area contributed by atoms with Gasteiger partial charge in [0.25, 0.3) is 0 Å². The molecule has 3 aliphatic rings. The SMILES string of the molecule is N#CC1C(F)CCCC1N1CCC(C(=O)NC2NCCS2)CC1. The number of hydrogen-bond donors (Lipinski definition) is 2. The van der Waals surface area contributed by atoms with E-state index in [2.05, 4.69) is 21.6 Å². The van der Waals surface area contributed by atoms with Gasteiger partial charge in [-0.15, -0.1) is 11.8 Å². The minimum Gasteiger partial charge on any atom is -0.332 e. The Labute approximate surface area is 141 Å². The molecular formula is C16H25FN4OS. The molecule has 0 aromatic heterocycles. The van der Waals surface area contributed by atoms with E-state index in [1.54, 1.807) is 11.8 Å². The summed E-state index contributed by atoms with van der Waals surface area (Å²) in [6, 6.07) is 2.20. The Kier molecular flexibility index (Phi) is 5.78. The van der Waals surface area contributed by atoms with Crippen molar-refractivity contribution in [2.75, 3.05) is 25.4 Å². The lowest BCUT2D eigenvalue weighted by molar-refractivity contribution is -0.127. The van der Waals surface area contributed by atoms with Gasteiger partial charge < -0.3 is 5.32 Å². The second-order valence-corrected chi connectivity index (χ2v) is 7.91. The third kappa shape index (κ3) is 3.98. The lowest BCUT2D eigenvalue weighted by atomic mass is 9.81. The number of amides is 1. The Morgan fingerprint density at radius 3 is 2.74 bits per heavy atom. The van der Waals surface area contributed by atoms with Crippen molar-refractivity contribution in [2.24, 2.45) is 11.8 Å². The lowest BCUT2D eigenvalue weighted by Crippen LogP contribution is -2.51. The summed E-state index contributed by atoms with van der Waals surface area (Å²) >= 11 is 1.73. The van der Waals surface area contributed by atoms with Crippen LogP contribution in [0.25, 0.3) is 0 Å². The van der Waals surface area contributed by atoms with Gasteiger partial charge in [-0.1, -0.05) is 0 Å². The average molecular weight is 340 g/mol. The van der Waals surface area contributed by atoms with Crippen LogP contribution in [0.5, 0.6) is 0 Å². The highest BCUT2D eigenvalue weighted by Crippen LogP contribution is 2.33. The number of nitriles is 1. The first kappa shape index (κ1) is 17.0. The highest BCUT2D eigenvalue weighted by molar-refractivity contribution is 8.00. The Morgan fingerprint density at radius 1 is 1.30 bits per heavy atom. The van der Waals surface area contributed by atoms with Crippen LogP contribution >= 0.6 is 11.8 Å². The number of nitrogens with zero attached hydrogens (tertiary/aromatic N) is 2. The van der Waals surface area contributed by atoms with Gasteiger partial charge in [0.05, 0.1) is 12.0 Å². The highest BCUT2D eigenvalue weighted by Gasteiger charge is 2.39. The fraction of sp³-hybridized carbons (Fsp3) is 0.875. The van der Waals surface area contributed by atoms with Gasteiger partial charge in [0, 0.05) is 24.3 Å². The molecule has 3 fully saturated rings. The number of carbonyl (C=O) groups excluding carboxylic acids is 1. The molecule has 128 valence electrons. The Hall–Kier alpha value is -0.840. The maximum Gasteiger partial charge on any atom is 0.225 e. The number of piperidine rings is 1. The van der Waals surface area contributed by atoms with Gasteiger partial charge >= 0.3 is 0 Å². The van der Waals surface area contributed by atoms with Crippen molar-refractivity contribution in [2.45, 2.75) is 49.8 Å². The summed E-state index contributed by atoms with van der Waals surface area (Å²) in [7, 11) is 0. The number of hydrogen-bond acceptors (Lipinski definition) is 5. The topological polar surface area (TPSA) is 68.2 Å². The van der Waals surface area contributed by atoms with Crippen LogP contribution in [0.2, 0.25) is 0 Å². The van der Waals surface area contributed by atoms with Gasteiger partial charge in [0.1, 0.15) is 11.7 Å². The molecule has 23 heavy (non-hydrogen) atoms. The van der Waals surface area contributed by atoms with Crippen molar-refractivity contribution < 1.29 is 9.18 Å². The van der Waals surface area contributed by atoms with Crippen LogP contribution in [0.3, 0.4) is 0 Å². The number of halogens is 1. The summed E-state index contributed by atoms with van der Waals surface area (Å²) in [5.74, 6) is 0.693. The van der Waals surface area contributed by atoms with Crippen molar-refractivity contribution in [1.29, 1.82) is 5.26 Å². The maximum absolute atomic E-state index is 14.0. The standard InChI is InChI=1S/C16H25FN4OS/c17-13-2-1-3-14(12(13)10-18)21-7-4-11(5-8-21)15(22)20-16-19-6-9-23-16/h11-14,16,19H,1-9H2,(H,20,22). The first-order chi connectivity index (χ1) is 11.2. The number of rotatable bonds is 3. The predicted molar refractivity (Wildman–Crippen MR) is 88.3 cm³/mol. The maximum atomic E-state index is 14.0. The zero-order valence-electron chi connectivity index (χ0n) is 13.3. The molecule has 7 heteroatoms. The van der Waals surface area contributed by atoms with Crippen molar-refractivity contribution in [3.63, 3.8) is 0 Å². The molecule has 1 saturated carbocycles. The number of alkyl halides is 1. The van der Waals surface area contributed by atoms with Crippen LogP contribution in [0.4, 0.5) is 4.39 Å². The van der Waals surface area contributed by atoms with Crippen molar-refractivity contribution in [3.8, 4) is 6.07 Å². The van der Waals surface area contributed by atoms with E-state index in [1.165, 1.54) is 0 Å². The molecule has 1 amide bonds. The molecule has 0 spiro atoms. The second kappa shape index (κ2) is 7.82. The monoisotopic (exact) mass is 340 g/mol. The molecule has 2 saturated heterocycles. The van der Waals surface area contributed by atoms with Crippen LogP contribution in [-0.2, 0) is 4.79 Å². The second-order valence-electron chi connectivity index (χ2n) is 6.69. The fourth-order valence-corrected chi connectivity index (χ4v) is 4.86. The Morgan fingerprint density at radius 2 is 2.09 bits per heavy atom. The summed E-state index contributed by atoms with van der Waals surface area (Å²) in [6.07, 6.45) is 2.88. The average Bonchev–Trinajstić information content (AvgIpc) is 3.07. The minimum atomic E-state index is -0.995. The lowest BCUT2D eigenvalue weighted by Gasteiger charge is -2.42. The molecular weight excluding hydrogens is 315 g/mol. The molecule has 2 N–H and O–H groups in total. The summed E-state index contributed by atoms with van der Waals surface area (Å²) in [4.78, 5) is 14.6. The van der Waals surface area contributed by atoms with Crippen molar-refractivity contribution in [3.05, 3.63) is 0 Å². The summed E-state index contributed by atoms with van der Waals surface area (Å²) in [6.45, 7) is 2.52. The van der Waals surface area contributed by atoms with Gasteiger partial charge in [-0.05, 0) is 45.2 Å². The molecule has 0 radical (unpaired) electrons. The van der Waals surface area contributed by atoms with E-state index >= 15 is 0 Å². The summed E-state index contributed by atoms with van der Waals surface area (Å²) < 4.78 is 14.0. The van der Waals surface area contributed by atoms with E-state index in [-0.39, 0.29) is 23.4 Å². The van der Waals surface area contributed by atoms with Crippen LogP contribution < -0.4 is 10.6 Å². The molecule has 0 bridgehead atoms. The number of thioether (sulfide) groups is 1. The number of carbonyl (C=O) groups is 1. The van der Waals surface area contributed by atoms with Crippen LogP contribution in [-0.4, -0.2) is 53.9 Å².